The fourth-order valence-corrected chi connectivity index (χ4v) is 5.68. The van der Waals surface area contributed by atoms with E-state index in [0.717, 1.165) is 11.1 Å². The smallest absolute Gasteiger partial charge is 0.268 e. The van der Waals surface area contributed by atoms with Crippen LogP contribution in [0.15, 0.2) is 89.8 Å². The van der Waals surface area contributed by atoms with Crippen LogP contribution in [0.1, 0.15) is 11.1 Å². The summed E-state index contributed by atoms with van der Waals surface area (Å²) in [6.07, 6.45) is 0. The van der Waals surface area contributed by atoms with E-state index in [9.17, 15) is 13.7 Å². The molecule has 156 valence electrons. The number of anilines is 1. The first-order valence-electron chi connectivity index (χ1n) is 10.1. The molecule has 5 rings (SSSR count). The lowest BCUT2D eigenvalue weighted by Gasteiger charge is -2.12. The molecule has 0 aliphatic rings. The number of nitrogen functional groups attached to an aromatic ring is 1. The van der Waals surface area contributed by atoms with E-state index in [0.29, 0.717) is 32.9 Å². The molecule has 0 spiro atoms. The average Bonchev–Trinajstić information content (AvgIpc) is 3.15. The van der Waals surface area contributed by atoms with Gasteiger partial charge in [-0.2, -0.15) is 5.26 Å². The molecule has 0 unspecified atom stereocenters. The third kappa shape index (κ3) is 2.87. The Hall–Kier alpha value is -4.08. The van der Waals surface area contributed by atoms with Gasteiger partial charge in [0.15, 0.2) is 0 Å². The van der Waals surface area contributed by atoms with Crippen LogP contribution in [0.25, 0.3) is 32.9 Å². The lowest BCUT2D eigenvalue weighted by molar-refractivity contribution is 0.590. The highest BCUT2D eigenvalue weighted by Crippen LogP contribution is 2.41. The molecule has 1 aromatic heterocycles. The summed E-state index contributed by atoms with van der Waals surface area (Å²) >= 11 is 0. The Balaban J connectivity index is 1.96. The maximum absolute atomic E-state index is 13.8. The van der Waals surface area contributed by atoms with Crippen molar-refractivity contribution in [2.45, 2.75) is 11.8 Å². The van der Waals surface area contributed by atoms with Gasteiger partial charge in [-0.1, -0.05) is 66.2 Å². The second kappa shape index (κ2) is 7.26. The van der Waals surface area contributed by atoms with Gasteiger partial charge < -0.3 is 5.73 Å². The van der Waals surface area contributed by atoms with E-state index < -0.39 is 10.0 Å². The van der Waals surface area contributed by atoms with Crippen LogP contribution in [0.2, 0.25) is 0 Å². The fraction of sp³-hybridized carbons (Fsp3) is 0.0385. The summed E-state index contributed by atoms with van der Waals surface area (Å²) in [5.41, 5.74) is 10.5. The number of rotatable bonds is 3. The average molecular weight is 438 g/mol. The van der Waals surface area contributed by atoms with Crippen molar-refractivity contribution in [2.75, 3.05) is 5.73 Å². The monoisotopic (exact) mass is 437 g/mol. The molecule has 0 saturated carbocycles. The standard InChI is InChI=1S/C26H19N3O2S/c1-17-11-13-19(14-12-17)32(30,31)29-23-10-6-5-9-20(23)25-24(29)15-21(22(16-27)26(25)28)18-7-3-2-4-8-18/h2-15H,28H2,1H3. The lowest BCUT2D eigenvalue weighted by Crippen LogP contribution is -2.13. The van der Waals surface area contributed by atoms with Crippen molar-refractivity contribution in [2.24, 2.45) is 0 Å². The van der Waals surface area contributed by atoms with Gasteiger partial charge in [-0.15, -0.1) is 0 Å². The summed E-state index contributed by atoms with van der Waals surface area (Å²) < 4.78 is 28.9. The van der Waals surface area contributed by atoms with Gasteiger partial charge in [-0.25, -0.2) is 12.4 Å². The number of nitrogens with zero attached hydrogens (tertiary/aromatic N) is 2. The molecule has 0 atom stereocenters. The van der Waals surface area contributed by atoms with Crippen molar-refractivity contribution in [1.82, 2.24) is 3.97 Å². The van der Waals surface area contributed by atoms with E-state index in [4.69, 9.17) is 5.73 Å². The highest BCUT2D eigenvalue weighted by atomic mass is 32.2. The summed E-state index contributed by atoms with van der Waals surface area (Å²) in [7, 11) is -3.92. The zero-order valence-electron chi connectivity index (χ0n) is 17.3. The van der Waals surface area contributed by atoms with Gasteiger partial charge in [-0.05, 0) is 36.8 Å². The van der Waals surface area contributed by atoms with Gasteiger partial charge in [0.2, 0.25) is 0 Å². The Morgan fingerprint density at radius 2 is 1.53 bits per heavy atom. The van der Waals surface area contributed by atoms with E-state index in [2.05, 4.69) is 6.07 Å². The van der Waals surface area contributed by atoms with Crippen molar-refractivity contribution < 1.29 is 8.42 Å². The Morgan fingerprint density at radius 1 is 0.875 bits per heavy atom. The van der Waals surface area contributed by atoms with E-state index >= 15 is 0 Å². The summed E-state index contributed by atoms with van der Waals surface area (Å²) in [5.74, 6) is 0. The molecular formula is C26H19N3O2S. The molecule has 0 amide bonds. The van der Waals surface area contributed by atoms with Crippen molar-refractivity contribution in [3.63, 3.8) is 0 Å². The summed E-state index contributed by atoms with van der Waals surface area (Å²) in [5, 5.41) is 11.2. The fourth-order valence-electron chi connectivity index (χ4n) is 4.16. The maximum atomic E-state index is 13.8. The minimum atomic E-state index is -3.92. The number of para-hydroxylation sites is 1. The first-order valence-corrected chi connectivity index (χ1v) is 11.5. The molecule has 32 heavy (non-hydrogen) atoms. The molecule has 0 bridgehead atoms. The molecule has 0 aliphatic heterocycles. The third-order valence-corrected chi connectivity index (χ3v) is 7.45. The SMILES string of the molecule is Cc1ccc(S(=O)(=O)n2c3ccccc3c3c(N)c(C#N)c(-c4ccccc4)cc32)cc1. The minimum absolute atomic E-state index is 0.190. The van der Waals surface area contributed by atoms with Gasteiger partial charge in [0.25, 0.3) is 10.0 Å². The van der Waals surface area contributed by atoms with Crippen molar-refractivity contribution >= 4 is 37.5 Å². The Morgan fingerprint density at radius 3 is 2.22 bits per heavy atom. The summed E-state index contributed by atoms with van der Waals surface area (Å²) in [4.78, 5) is 0.190. The first-order chi connectivity index (χ1) is 15.4. The summed E-state index contributed by atoms with van der Waals surface area (Å²) in [6.45, 7) is 1.91. The van der Waals surface area contributed by atoms with Gasteiger partial charge in [0.1, 0.15) is 6.07 Å². The molecule has 0 saturated heterocycles. The van der Waals surface area contributed by atoms with Crippen LogP contribution in [-0.2, 0) is 10.0 Å². The number of aryl methyl sites for hydroxylation is 1. The molecule has 4 aromatic carbocycles. The predicted molar refractivity (Wildman–Crippen MR) is 128 cm³/mol. The second-order valence-corrected chi connectivity index (χ2v) is 9.47. The van der Waals surface area contributed by atoms with Crippen LogP contribution in [0, 0.1) is 18.3 Å². The number of aromatic nitrogens is 1. The molecule has 0 aliphatic carbocycles. The van der Waals surface area contributed by atoms with E-state index in [-0.39, 0.29) is 10.6 Å². The number of fused-ring (bicyclic) bond motifs is 3. The van der Waals surface area contributed by atoms with Crippen LogP contribution in [-0.4, -0.2) is 12.4 Å². The Kier molecular flexibility index (Phi) is 4.50. The molecule has 2 N–H and O–H groups in total. The molecule has 6 heteroatoms. The van der Waals surface area contributed by atoms with E-state index in [1.807, 2.05) is 49.4 Å². The molecule has 5 nitrogen and oxygen atoms in total. The van der Waals surface area contributed by atoms with Gasteiger partial charge >= 0.3 is 0 Å². The second-order valence-electron chi connectivity index (χ2n) is 7.68. The summed E-state index contributed by atoms with van der Waals surface area (Å²) in [6, 6.07) is 27.3. The van der Waals surface area contributed by atoms with E-state index in [1.165, 1.54) is 3.97 Å². The number of benzene rings is 4. The maximum Gasteiger partial charge on any atom is 0.268 e. The Labute approximate surface area is 186 Å². The van der Waals surface area contributed by atoms with Gasteiger partial charge in [0, 0.05) is 16.3 Å². The predicted octanol–water partition coefficient (Wildman–Crippen LogP) is 5.46. The lowest BCUT2D eigenvalue weighted by atomic mass is 9.96. The molecular weight excluding hydrogens is 418 g/mol. The van der Waals surface area contributed by atoms with Crippen molar-refractivity contribution in [1.29, 1.82) is 5.26 Å². The van der Waals surface area contributed by atoms with Crippen LogP contribution < -0.4 is 5.73 Å². The minimum Gasteiger partial charge on any atom is -0.397 e. The molecule has 1 heterocycles. The number of nitrogens with two attached hydrogens (primary N) is 1. The third-order valence-electron chi connectivity index (χ3n) is 5.71. The van der Waals surface area contributed by atoms with E-state index in [1.54, 1.807) is 42.5 Å². The zero-order chi connectivity index (χ0) is 22.5. The number of nitriles is 1. The van der Waals surface area contributed by atoms with Crippen molar-refractivity contribution in [3.05, 3.63) is 96.1 Å². The van der Waals surface area contributed by atoms with Crippen LogP contribution in [0.5, 0.6) is 0 Å². The first kappa shape index (κ1) is 19.9. The number of hydrogen-bond donors (Lipinski definition) is 1. The van der Waals surface area contributed by atoms with Crippen LogP contribution >= 0.6 is 0 Å². The normalized spacial score (nSPS) is 11.6. The number of hydrogen-bond acceptors (Lipinski definition) is 4. The highest BCUT2D eigenvalue weighted by molar-refractivity contribution is 7.90. The highest BCUT2D eigenvalue weighted by Gasteiger charge is 2.26. The van der Waals surface area contributed by atoms with Crippen LogP contribution in [0.4, 0.5) is 5.69 Å². The van der Waals surface area contributed by atoms with Gasteiger partial charge in [0.05, 0.1) is 27.2 Å². The van der Waals surface area contributed by atoms with Crippen LogP contribution in [0.3, 0.4) is 0 Å². The topological polar surface area (TPSA) is 88.9 Å². The zero-order valence-corrected chi connectivity index (χ0v) is 18.1. The van der Waals surface area contributed by atoms with Crippen molar-refractivity contribution in [3.8, 4) is 17.2 Å². The largest absolute Gasteiger partial charge is 0.397 e. The molecule has 0 fully saturated rings. The molecule has 5 aromatic rings. The Bertz CT molecular complexity index is 1640. The van der Waals surface area contributed by atoms with Gasteiger partial charge in [-0.3, -0.25) is 0 Å². The quantitative estimate of drug-likeness (QED) is 0.380. The molecule has 0 radical (unpaired) electrons.